The molecule has 7 heteroatoms. The first-order valence-corrected chi connectivity index (χ1v) is 8.20. The minimum absolute atomic E-state index is 0.0445. The highest BCUT2D eigenvalue weighted by molar-refractivity contribution is 7.99. The number of hydrogen-bond acceptors (Lipinski definition) is 5. The van der Waals surface area contributed by atoms with Gasteiger partial charge in [-0.3, -0.25) is 4.79 Å². The van der Waals surface area contributed by atoms with Gasteiger partial charge in [0.2, 0.25) is 5.91 Å². The quantitative estimate of drug-likeness (QED) is 0.589. The predicted octanol–water partition coefficient (Wildman–Crippen LogP) is 1.89. The molecule has 0 radical (unpaired) electrons. The van der Waals surface area contributed by atoms with Gasteiger partial charge in [0, 0.05) is 37.3 Å². The average Bonchev–Trinajstić information content (AvgIpc) is 2.96. The van der Waals surface area contributed by atoms with Crippen LogP contribution in [0.2, 0.25) is 0 Å². The van der Waals surface area contributed by atoms with Gasteiger partial charge < -0.3 is 19.4 Å². The summed E-state index contributed by atoms with van der Waals surface area (Å²) < 4.78 is 12.4. The van der Waals surface area contributed by atoms with E-state index in [1.807, 2.05) is 29.9 Å². The van der Waals surface area contributed by atoms with Crippen LogP contribution in [0.1, 0.15) is 5.56 Å². The van der Waals surface area contributed by atoms with Crippen molar-refractivity contribution in [3.8, 4) is 11.5 Å². The topological polar surface area (TPSA) is 65.4 Å². The number of hydrogen-bond donors (Lipinski definition) is 1. The van der Waals surface area contributed by atoms with E-state index in [9.17, 15) is 4.79 Å². The van der Waals surface area contributed by atoms with Gasteiger partial charge in [-0.1, -0.05) is 11.8 Å². The minimum atomic E-state index is -0.0445. The Morgan fingerprint density at radius 3 is 2.83 bits per heavy atom. The Bertz CT molecular complexity index is 658. The van der Waals surface area contributed by atoms with E-state index in [1.54, 1.807) is 38.2 Å². The molecule has 1 aromatic carbocycles. The normalized spacial score (nSPS) is 10.4. The first-order valence-electron chi connectivity index (χ1n) is 7.21. The Hall–Kier alpha value is -2.15. The van der Waals surface area contributed by atoms with Crippen molar-refractivity contribution in [1.29, 1.82) is 0 Å². The summed E-state index contributed by atoms with van der Waals surface area (Å²) in [5.41, 5.74) is 0.807. The Labute approximate surface area is 140 Å². The number of aromatic nitrogens is 2. The molecule has 124 valence electrons. The van der Waals surface area contributed by atoms with Gasteiger partial charge in [0.25, 0.3) is 0 Å². The molecule has 0 aliphatic rings. The number of rotatable bonds is 8. The van der Waals surface area contributed by atoms with Crippen molar-refractivity contribution < 1.29 is 14.3 Å². The number of nitrogens with one attached hydrogen (secondary N) is 1. The van der Waals surface area contributed by atoms with Crippen molar-refractivity contribution in [3.05, 3.63) is 36.2 Å². The van der Waals surface area contributed by atoms with Gasteiger partial charge >= 0.3 is 0 Å². The monoisotopic (exact) mass is 335 g/mol. The molecular weight excluding hydrogens is 314 g/mol. The molecule has 1 aromatic heterocycles. The van der Waals surface area contributed by atoms with Gasteiger partial charge in [-0.2, -0.15) is 0 Å². The third-order valence-electron chi connectivity index (χ3n) is 3.27. The van der Waals surface area contributed by atoms with Crippen molar-refractivity contribution in [1.82, 2.24) is 14.9 Å². The first-order chi connectivity index (χ1) is 11.1. The second kappa shape index (κ2) is 8.47. The SMILES string of the molecule is COc1ccc(OC)c(CC(=O)NCCSc2nccn2C)c1. The van der Waals surface area contributed by atoms with Gasteiger partial charge in [-0.15, -0.1) is 0 Å². The molecule has 0 atom stereocenters. The van der Waals surface area contributed by atoms with Gasteiger partial charge in [-0.05, 0) is 18.2 Å². The summed E-state index contributed by atoms with van der Waals surface area (Å²) in [5.74, 6) is 2.12. The molecule has 23 heavy (non-hydrogen) atoms. The van der Waals surface area contributed by atoms with E-state index in [2.05, 4.69) is 10.3 Å². The van der Waals surface area contributed by atoms with Crippen molar-refractivity contribution in [2.75, 3.05) is 26.5 Å². The Kier molecular flexibility index (Phi) is 6.34. The third-order valence-corrected chi connectivity index (χ3v) is 4.33. The Balaban J connectivity index is 1.81. The molecule has 0 saturated carbocycles. The van der Waals surface area contributed by atoms with E-state index < -0.39 is 0 Å². The Morgan fingerprint density at radius 1 is 1.35 bits per heavy atom. The molecule has 2 rings (SSSR count). The highest BCUT2D eigenvalue weighted by atomic mass is 32.2. The summed E-state index contributed by atoms with van der Waals surface area (Å²) >= 11 is 1.61. The minimum Gasteiger partial charge on any atom is -0.497 e. The lowest BCUT2D eigenvalue weighted by atomic mass is 10.1. The molecule has 0 fully saturated rings. The predicted molar refractivity (Wildman–Crippen MR) is 90.2 cm³/mol. The van der Waals surface area contributed by atoms with Crippen molar-refractivity contribution in [2.45, 2.75) is 11.6 Å². The van der Waals surface area contributed by atoms with Crippen LogP contribution in [0.15, 0.2) is 35.7 Å². The molecule has 1 N–H and O–H groups in total. The molecule has 0 spiro atoms. The standard InChI is InChI=1S/C16H21N3O3S/c1-19-8-6-18-16(19)23-9-7-17-15(20)11-12-10-13(21-2)4-5-14(12)22-3/h4-6,8,10H,7,9,11H2,1-3H3,(H,17,20). The highest BCUT2D eigenvalue weighted by Crippen LogP contribution is 2.24. The zero-order valence-electron chi connectivity index (χ0n) is 13.5. The van der Waals surface area contributed by atoms with Gasteiger partial charge in [0.05, 0.1) is 20.6 Å². The fourth-order valence-corrected chi connectivity index (χ4v) is 2.87. The molecular formula is C16H21N3O3S. The van der Waals surface area contributed by atoms with Crippen molar-refractivity contribution in [3.63, 3.8) is 0 Å². The van der Waals surface area contributed by atoms with Crippen LogP contribution in [-0.2, 0) is 18.3 Å². The fourth-order valence-electron chi connectivity index (χ4n) is 2.08. The van der Waals surface area contributed by atoms with Crippen LogP contribution in [0.25, 0.3) is 0 Å². The van der Waals surface area contributed by atoms with Crippen molar-refractivity contribution in [2.24, 2.45) is 7.05 Å². The van der Waals surface area contributed by atoms with E-state index in [1.165, 1.54) is 0 Å². The molecule has 2 aromatic rings. The summed E-state index contributed by atoms with van der Waals surface area (Å²) in [6, 6.07) is 5.43. The van der Waals surface area contributed by atoms with Crippen LogP contribution >= 0.6 is 11.8 Å². The number of imidazole rings is 1. The molecule has 0 saturated heterocycles. The number of ether oxygens (including phenoxy) is 2. The van der Waals surface area contributed by atoms with Crippen LogP contribution in [0.3, 0.4) is 0 Å². The van der Waals surface area contributed by atoms with Gasteiger partial charge in [0.15, 0.2) is 5.16 Å². The van der Waals surface area contributed by atoms with Crippen LogP contribution in [-0.4, -0.2) is 42.0 Å². The smallest absolute Gasteiger partial charge is 0.224 e. The second-order valence-corrected chi connectivity index (χ2v) is 5.94. The second-order valence-electron chi connectivity index (χ2n) is 4.87. The van der Waals surface area contributed by atoms with Crippen LogP contribution in [0, 0.1) is 0 Å². The van der Waals surface area contributed by atoms with Crippen molar-refractivity contribution >= 4 is 17.7 Å². The largest absolute Gasteiger partial charge is 0.497 e. The number of aryl methyl sites for hydroxylation is 1. The number of carbonyl (C=O) groups excluding carboxylic acids is 1. The lowest BCUT2D eigenvalue weighted by Crippen LogP contribution is -2.27. The fraction of sp³-hybridized carbons (Fsp3) is 0.375. The molecule has 6 nitrogen and oxygen atoms in total. The zero-order valence-corrected chi connectivity index (χ0v) is 14.4. The van der Waals surface area contributed by atoms with Crippen LogP contribution in [0.5, 0.6) is 11.5 Å². The van der Waals surface area contributed by atoms with E-state index in [0.717, 1.165) is 16.5 Å². The van der Waals surface area contributed by atoms with Crippen LogP contribution in [0.4, 0.5) is 0 Å². The summed E-state index contributed by atoms with van der Waals surface area (Å²) in [6.07, 6.45) is 3.92. The molecule has 0 bridgehead atoms. The summed E-state index contributed by atoms with van der Waals surface area (Å²) in [5, 5.41) is 3.85. The molecule has 0 aliphatic heterocycles. The molecule has 0 aliphatic carbocycles. The highest BCUT2D eigenvalue weighted by Gasteiger charge is 2.10. The summed E-state index contributed by atoms with van der Waals surface area (Å²) in [4.78, 5) is 16.3. The summed E-state index contributed by atoms with van der Waals surface area (Å²) in [7, 11) is 5.14. The number of methoxy groups -OCH3 is 2. The number of carbonyl (C=O) groups is 1. The number of benzene rings is 1. The maximum absolute atomic E-state index is 12.1. The number of amides is 1. The lowest BCUT2D eigenvalue weighted by Gasteiger charge is -2.10. The molecule has 1 amide bonds. The Morgan fingerprint density at radius 2 is 2.17 bits per heavy atom. The van der Waals surface area contributed by atoms with Gasteiger partial charge in [-0.25, -0.2) is 4.98 Å². The average molecular weight is 335 g/mol. The lowest BCUT2D eigenvalue weighted by molar-refractivity contribution is -0.120. The van der Waals surface area contributed by atoms with E-state index in [4.69, 9.17) is 9.47 Å². The van der Waals surface area contributed by atoms with Crippen LogP contribution < -0.4 is 14.8 Å². The maximum atomic E-state index is 12.1. The molecule has 0 unspecified atom stereocenters. The van der Waals surface area contributed by atoms with Gasteiger partial charge in [0.1, 0.15) is 11.5 Å². The third kappa shape index (κ3) is 4.92. The number of nitrogens with zero attached hydrogens (tertiary/aromatic N) is 2. The number of thioether (sulfide) groups is 1. The molecule has 1 heterocycles. The maximum Gasteiger partial charge on any atom is 0.224 e. The van der Waals surface area contributed by atoms with E-state index in [0.29, 0.717) is 18.0 Å². The first kappa shape index (κ1) is 17.2. The van der Waals surface area contributed by atoms with E-state index in [-0.39, 0.29) is 12.3 Å². The summed E-state index contributed by atoms with van der Waals surface area (Å²) in [6.45, 7) is 0.586. The zero-order chi connectivity index (χ0) is 16.7. The van der Waals surface area contributed by atoms with E-state index >= 15 is 0 Å².